The van der Waals surface area contributed by atoms with Crippen molar-refractivity contribution in [2.24, 2.45) is 17.7 Å². The second-order valence-electron chi connectivity index (χ2n) is 4.28. The summed E-state index contributed by atoms with van der Waals surface area (Å²) < 4.78 is 0. The highest BCUT2D eigenvalue weighted by atomic mass is 16.3. The molecule has 1 saturated carbocycles. The molecule has 0 aromatic carbocycles. The van der Waals surface area contributed by atoms with Crippen molar-refractivity contribution < 1.29 is 5.11 Å². The first kappa shape index (κ1) is 11.0. The van der Waals surface area contributed by atoms with E-state index in [-0.39, 0.29) is 6.61 Å². The molecule has 0 amide bonds. The van der Waals surface area contributed by atoms with E-state index >= 15 is 0 Å². The van der Waals surface area contributed by atoms with Crippen LogP contribution in [0.3, 0.4) is 0 Å². The Bertz CT molecular complexity index is 133. The van der Waals surface area contributed by atoms with Crippen molar-refractivity contribution in [1.82, 2.24) is 5.01 Å². The van der Waals surface area contributed by atoms with Crippen molar-refractivity contribution >= 4 is 0 Å². The third-order valence-corrected chi connectivity index (χ3v) is 3.07. The van der Waals surface area contributed by atoms with Gasteiger partial charge in [-0.05, 0) is 11.8 Å². The fourth-order valence-corrected chi connectivity index (χ4v) is 2.33. The van der Waals surface area contributed by atoms with Crippen LogP contribution in [0, 0.1) is 11.8 Å². The first-order chi connectivity index (χ1) is 6.24. The first-order valence-corrected chi connectivity index (χ1v) is 5.30. The topological polar surface area (TPSA) is 49.5 Å². The summed E-state index contributed by atoms with van der Waals surface area (Å²) in [6, 6.07) is 0. The van der Waals surface area contributed by atoms with Gasteiger partial charge in [-0.2, -0.15) is 0 Å². The van der Waals surface area contributed by atoms with E-state index in [0.29, 0.717) is 11.8 Å². The van der Waals surface area contributed by atoms with Crippen LogP contribution in [0.25, 0.3) is 0 Å². The van der Waals surface area contributed by atoms with Gasteiger partial charge in [-0.3, -0.25) is 5.84 Å². The average Bonchev–Trinajstić information content (AvgIpc) is 2.15. The molecule has 78 valence electrons. The number of nitrogens with zero attached hydrogens (tertiary/aromatic N) is 1. The molecule has 1 rings (SSSR count). The largest absolute Gasteiger partial charge is 0.396 e. The maximum atomic E-state index is 9.24. The second-order valence-corrected chi connectivity index (χ2v) is 4.28. The maximum absolute atomic E-state index is 9.24. The predicted molar refractivity (Wildman–Crippen MR) is 54.0 cm³/mol. The summed E-state index contributed by atoms with van der Waals surface area (Å²) in [5.41, 5.74) is 0. The van der Waals surface area contributed by atoms with E-state index in [1.165, 1.54) is 32.1 Å². The Hall–Kier alpha value is -0.120. The molecular weight excluding hydrogens is 164 g/mol. The van der Waals surface area contributed by atoms with Gasteiger partial charge >= 0.3 is 0 Å². The molecule has 13 heavy (non-hydrogen) atoms. The normalized spacial score (nSPS) is 22.2. The molecule has 1 aliphatic rings. The van der Waals surface area contributed by atoms with Gasteiger partial charge in [-0.1, -0.05) is 32.1 Å². The highest BCUT2D eigenvalue weighted by Crippen LogP contribution is 2.29. The predicted octanol–water partition coefficient (Wildman–Crippen LogP) is 0.981. The Labute approximate surface area is 80.9 Å². The number of nitrogens with two attached hydrogens (primary N) is 1. The van der Waals surface area contributed by atoms with Crippen molar-refractivity contribution in [3.63, 3.8) is 0 Å². The van der Waals surface area contributed by atoms with Crippen LogP contribution in [-0.2, 0) is 0 Å². The number of hydrogen-bond donors (Lipinski definition) is 2. The summed E-state index contributed by atoms with van der Waals surface area (Å²) in [5, 5.41) is 10.9. The lowest BCUT2D eigenvalue weighted by Gasteiger charge is -2.30. The number of rotatable bonds is 4. The molecule has 3 nitrogen and oxygen atoms in total. The summed E-state index contributed by atoms with van der Waals surface area (Å²) in [5.74, 6) is 6.68. The van der Waals surface area contributed by atoms with E-state index in [4.69, 9.17) is 5.84 Å². The van der Waals surface area contributed by atoms with Gasteiger partial charge < -0.3 is 5.11 Å². The zero-order valence-electron chi connectivity index (χ0n) is 8.58. The number of aliphatic hydroxyl groups excluding tert-OH is 1. The lowest BCUT2D eigenvalue weighted by atomic mass is 9.80. The number of hydrazine groups is 1. The third-order valence-electron chi connectivity index (χ3n) is 3.07. The minimum absolute atomic E-state index is 0.284. The molecule has 0 aromatic heterocycles. The van der Waals surface area contributed by atoms with Crippen molar-refractivity contribution in [3.8, 4) is 0 Å². The summed E-state index contributed by atoms with van der Waals surface area (Å²) in [6.45, 7) is 1.10. The van der Waals surface area contributed by atoms with Crippen LogP contribution in [0.2, 0.25) is 0 Å². The summed E-state index contributed by atoms with van der Waals surface area (Å²) in [4.78, 5) is 0. The SMILES string of the molecule is CN(N)CC(CO)C1CCCCC1. The number of aliphatic hydroxyl groups is 1. The molecule has 0 bridgehead atoms. The van der Waals surface area contributed by atoms with E-state index in [2.05, 4.69) is 0 Å². The third kappa shape index (κ3) is 3.63. The Morgan fingerprint density at radius 2 is 2.00 bits per heavy atom. The highest BCUT2D eigenvalue weighted by molar-refractivity contribution is 4.74. The van der Waals surface area contributed by atoms with Crippen molar-refractivity contribution in [3.05, 3.63) is 0 Å². The summed E-state index contributed by atoms with van der Waals surface area (Å²) in [6.07, 6.45) is 6.58. The van der Waals surface area contributed by atoms with Crippen LogP contribution in [-0.4, -0.2) is 30.3 Å². The van der Waals surface area contributed by atoms with E-state index < -0.39 is 0 Å². The molecule has 0 saturated heterocycles. The minimum atomic E-state index is 0.284. The van der Waals surface area contributed by atoms with Crippen molar-refractivity contribution in [2.45, 2.75) is 32.1 Å². The molecule has 0 radical (unpaired) electrons. The van der Waals surface area contributed by atoms with E-state index in [9.17, 15) is 5.11 Å². The summed E-state index contributed by atoms with van der Waals surface area (Å²) in [7, 11) is 1.87. The van der Waals surface area contributed by atoms with Gasteiger partial charge in [0.2, 0.25) is 0 Å². The van der Waals surface area contributed by atoms with Gasteiger partial charge in [0.15, 0.2) is 0 Å². The Balaban J connectivity index is 2.34. The molecule has 0 spiro atoms. The van der Waals surface area contributed by atoms with Crippen LogP contribution in [0.1, 0.15) is 32.1 Å². The van der Waals surface area contributed by atoms with Gasteiger partial charge in [0.1, 0.15) is 0 Å². The quantitative estimate of drug-likeness (QED) is 0.508. The minimum Gasteiger partial charge on any atom is -0.396 e. The van der Waals surface area contributed by atoms with E-state index in [1.807, 2.05) is 7.05 Å². The first-order valence-electron chi connectivity index (χ1n) is 5.30. The Morgan fingerprint density at radius 1 is 1.38 bits per heavy atom. The zero-order chi connectivity index (χ0) is 9.68. The van der Waals surface area contributed by atoms with Crippen LogP contribution in [0.15, 0.2) is 0 Å². The molecule has 1 aliphatic carbocycles. The molecule has 1 atom stereocenters. The molecule has 0 heterocycles. The average molecular weight is 186 g/mol. The van der Waals surface area contributed by atoms with Crippen molar-refractivity contribution in [1.29, 1.82) is 0 Å². The maximum Gasteiger partial charge on any atom is 0.0474 e. The van der Waals surface area contributed by atoms with Gasteiger partial charge in [-0.25, -0.2) is 5.01 Å². The molecule has 3 N–H and O–H groups in total. The highest BCUT2D eigenvalue weighted by Gasteiger charge is 2.23. The van der Waals surface area contributed by atoms with Crippen LogP contribution >= 0.6 is 0 Å². The van der Waals surface area contributed by atoms with Crippen LogP contribution in [0.4, 0.5) is 0 Å². The van der Waals surface area contributed by atoms with Gasteiger partial charge in [-0.15, -0.1) is 0 Å². The molecule has 0 aromatic rings. The second kappa shape index (κ2) is 5.58. The summed E-state index contributed by atoms with van der Waals surface area (Å²) >= 11 is 0. The van der Waals surface area contributed by atoms with Gasteiger partial charge in [0, 0.05) is 20.2 Å². The fraction of sp³-hybridized carbons (Fsp3) is 1.00. The van der Waals surface area contributed by atoms with Crippen LogP contribution in [0.5, 0.6) is 0 Å². The van der Waals surface area contributed by atoms with Gasteiger partial charge in [0.05, 0.1) is 0 Å². The molecular formula is C10H22N2O. The Kier molecular flexibility index (Phi) is 4.70. The molecule has 1 fully saturated rings. The molecule has 1 unspecified atom stereocenters. The smallest absolute Gasteiger partial charge is 0.0474 e. The zero-order valence-corrected chi connectivity index (χ0v) is 8.58. The monoisotopic (exact) mass is 186 g/mol. The lowest BCUT2D eigenvalue weighted by molar-refractivity contribution is 0.113. The standard InChI is InChI=1S/C10H22N2O/c1-12(11)7-10(8-13)9-5-3-2-4-6-9/h9-10,13H,2-8,11H2,1H3. The molecule has 0 aliphatic heterocycles. The molecule has 3 heteroatoms. The van der Waals surface area contributed by atoms with Crippen molar-refractivity contribution in [2.75, 3.05) is 20.2 Å². The van der Waals surface area contributed by atoms with Crippen LogP contribution < -0.4 is 5.84 Å². The Morgan fingerprint density at radius 3 is 2.46 bits per heavy atom. The van der Waals surface area contributed by atoms with Gasteiger partial charge in [0.25, 0.3) is 0 Å². The number of hydrogen-bond acceptors (Lipinski definition) is 3. The fourth-order valence-electron chi connectivity index (χ4n) is 2.33. The lowest BCUT2D eigenvalue weighted by Crippen LogP contribution is -2.37. The van der Waals surface area contributed by atoms with E-state index in [1.54, 1.807) is 5.01 Å². The van der Waals surface area contributed by atoms with E-state index in [0.717, 1.165) is 6.54 Å².